The maximum absolute atomic E-state index is 13.1. The number of nitrogens with one attached hydrogen (secondary N) is 1. The van der Waals surface area contributed by atoms with E-state index < -0.39 is 11.9 Å². The normalized spacial score (nSPS) is 13.1. The van der Waals surface area contributed by atoms with Crippen molar-refractivity contribution in [2.75, 3.05) is 27.2 Å². The molecule has 1 aromatic carbocycles. The lowest BCUT2D eigenvalue weighted by molar-refractivity contribution is 0.134. The molecule has 1 atom stereocenters. The minimum Gasteiger partial charge on any atom is -0.390 e. The summed E-state index contributed by atoms with van der Waals surface area (Å²) in [6, 6.07) is 4.69. The maximum Gasteiger partial charge on any atom is 0.142 e. The zero-order valence-electron chi connectivity index (χ0n) is 10.1. The van der Waals surface area contributed by atoms with Crippen molar-refractivity contribution in [2.45, 2.75) is 12.6 Å². The molecule has 0 aliphatic carbocycles. The Labute approximate surface area is 106 Å². The first kappa shape index (κ1) is 14.4. The second-order valence-electron chi connectivity index (χ2n) is 4.30. The van der Waals surface area contributed by atoms with Crippen molar-refractivity contribution in [3.8, 4) is 0 Å². The van der Waals surface area contributed by atoms with Crippen molar-refractivity contribution < 1.29 is 9.50 Å². The molecule has 0 aliphatic heterocycles. The van der Waals surface area contributed by atoms with Gasteiger partial charge in [-0.1, -0.05) is 17.7 Å². The molecule has 0 saturated heterocycles. The van der Waals surface area contributed by atoms with E-state index >= 15 is 0 Å². The lowest BCUT2D eigenvalue weighted by atomic mass is 10.2. The van der Waals surface area contributed by atoms with E-state index in [1.54, 1.807) is 6.07 Å². The van der Waals surface area contributed by atoms with Crippen LogP contribution in [-0.2, 0) is 6.54 Å². The fourth-order valence-corrected chi connectivity index (χ4v) is 1.64. The Morgan fingerprint density at radius 3 is 2.76 bits per heavy atom. The average molecular weight is 261 g/mol. The molecule has 17 heavy (non-hydrogen) atoms. The molecular formula is C12H18ClFN2O. The third-order valence-corrected chi connectivity index (χ3v) is 2.58. The molecule has 0 heterocycles. The number of hydrogen-bond donors (Lipinski definition) is 2. The summed E-state index contributed by atoms with van der Waals surface area (Å²) in [5.74, 6) is -0.417. The molecule has 2 N–H and O–H groups in total. The molecule has 0 saturated carbocycles. The van der Waals surface area contributed by atoms with Gasteiger partial charge in [-0.3, -0.25) is 0 Å². The second kappa shape index (κ2) is 6.91. The van der Waals surface area contributed by atoms with Gasteiger partial charge in [0.25, 0.3) is 0 Å². The third kappa shape index (κ3) is 5.46. The molecule has 1 aromatic rings. The van der Waals surface area contributed by atoms with Gasteiger partial charge in [-0.15, -0.1) is 0 Å². The molecule has 0 fully saturated rings. The van der Waals surface area contributed by atoms with E-state index in [1.807, 2.05) is 19.0 Å². The van der Waals surface area contributed by atoms with Gasteiger partial charge in [-0.05, 0) is 31.8 Å². The van der Waals surface area contributed by atoms with Gasteiger partial charge >= 0.3 is 0 Å². The second-order valence-corrected chi connectivity index (χ2v) is 4.70. The van der Waals surface area contributed by atoms with Gasteiger partial charge in [0.2, 0.25) is 0 Å². The summed E-state index contributed by atoms with van der Waals surface area (Å²) >= 11 is 5.58. The van der Waals surface area contributed by atoms with Gasteiger partial charge in [0, 0.05) is 19.6 Å². The molecule has 1 unspecified atom stereocenters. The van der Waals surface area contributed by atoms with Crippen LogP contribution in [-0.4, -0.2) is 43.3 Å². The van der Waals surface area contributed by atoms with Crippen LogP contribution in [0.3, 0.4) is 0 Å². The summed E-state index contributed by atoms with van der Waals surface area (Å²) in [5, 5.41) is 12.8. The number of halogens is 2. The van der Waals surface area contributed by atoms with E-state index in [0.29, 0.717) is 19.6 Å². The Morgan fingerprint density at radius 2 is 2.18 bits per heavy atom. The first-order chi connectivity index (χ1) is 7.99. The van der Waals surface area contributed by atoms with Crippen LogP contribution in [0.1, 0.15) is 5.56 Å². The number of likely N-dealkylation sites (N-methyl/N-ethyl adjacent to an activating group) is 1. The monoisotopic (exact) mass is 260 g/mol. The van der Waals surface area contributed by atoms with Gasteiger partial charge in [-0.2, -0.15) is 0 Å². The van der Waals surface area contributed by atoms with Crippen molar-refractivity contribution in [1.82, 2.24) is 10.2 Å². The Hall–Kier alpha value is -0.680. The summed E-state index contributed by atoms with van der Waals surface area (Å²) in [7, 11) is 3.80. The van der Waals surface area contributed by atoms with Crippen molar-refractivity contribution >= 4 is 11.6 Å². The molecule has 0 bridgehead atoms. The van der Waals surface area contributed by atoms with Crippen molar-refractivity contribution in [2.24, 2.45) is 0 Å². The number of rotatable bonds is 6. The van der Waals surface area contributed by atoms with Gasteiger partial charge < -0.3 is 15.3 Å². The number of benzene rings is 1. The highest BCUT2D eigenvalue weighted by atomic mass is 35.5. The Balaban J connectivity index is 2.33. The predicted octanol–water partition coefficient (Wildman–Crippen LogP) is 1.49. The van der Waals surface area contributed by atoms with E-state index in [-0.39, 0.29) is 5.02 Å². The fourth-order valence-electron chi connectivity index (χ4n) is 1.52. The van der Waals surface area contributed by atoms with Crippen molar-refractivity contribution in [3.63, 3.8) is 0 Å². The Morgan fingerprint density at radius 1 is 1.47 bits per heavy atom. The first-order valence-electron chi connectivity index (χ1n) is 5.46. The molecular weight excluding hydrogens is 243 g/mol. The minimum atomic E-state index is -0.429. The molecule has 0 aromatic heterocycles. The van der Waals surface area contributed by atoms with Crippen LogP contribution in [0.25, 0.3) is 0 Å². The molecule has 5 heteroatoms. The van der Waals surface area contributed by atoms with Crippen molar-refractivity contribution in [1.29, 1.82) is 0 Å². The maximum atomic E-state index is 13.1. The van der Waals surface area contributed by atoms with Gasteiger partial charge in [-0.25, -0.2) is 4.39 Å². The molecule has 0 aliphatic rings. The van der Waals surface area contributed by atoms with E-state index in [4.69, 9.17) is 11.6 Å². The van der Waals surface area contributed by atoms with E-state index in [1.165, 1.54) is 12.1 Å². The van der Waals surface area contributed by atoms with Crippen LogP contribution < -0.4 is 5.32 Å². The highest BCUT2D eigenvalue weighted by Crippen LogP contribution is 2.15. The van der Waals surface area contributed by atoms with E-state index in [2.05, 4.69) is 5.32 Å². The zero-order chi connectivity index (χ0) is 12.8. The smallest absolute Gasteiger partial charge is 0.142 e. The lowest BCUT2D eigenvalue weighted by Crippen LogP contribution is -2.34. The summed E-state index contributed by atoms with van der Waals surface area (Å²) in [5.41, 5.74) is 0.809. The van der Waals surface area contributed by atoms with E-state index in [0.717, 1.165) is 5.56 Å². The molecule has 0 radical (unpaired) electrons. The largest absolute Gasteiger partial charge is 0.390 e. The molecule has 1 rings (SSSR count). The summed E-state index contributed by atoms with van der Waals surface area (Å²) < 4.78 is 13.1. The third-order valence-electron chi connectivity index (χ3n) is 2.27. The van der Waals surface area contributed by atoms with Crippen LogP contribution in [0.2, 0.25) is 5.02 Å². The van der Waals surface area contributed by atoms with Crippen LogP contribution in [0.4, 0.5) is 4.39 Å². The zero-order valence-corrected chi connectivity index (χ0v) is 10.8. The van der Waals surface area contributed by atoms with Gasteiger partial charge in [0.05, 0.1) is 11.1 Å². The topological polar surface area (TPSA) is 35.5 Å². The summed E-state index contributed by atoms with van der Waals surface area (Å²) in [6.45, 7) is 1.59. The highest BCUT2D eigenvalue weighted by Gasteiger charge is 2.05. The molecule has 0 spiro atoms. The van der Waals surface area contributed by atoms with Gasteiger partial charge in [0.1, 0.15) is 5.82 Å². The van der Waals surface area contributed by atoms with Crippen molar-refractivity contribution in [3.05, 3.63) is 34.6 Å². The standard InChI is InChI=1S/C12H18ClFN2O/c1-16(2)8-10(17)7-15-6-9-3-4-11(13)12(14)5-9/h3-5,10,15,17H,6-8H2,1-2H3. The quantitative estimate of drug-likeness (QED) is 0.814. The minimum absolute atomic E-state index is 0.126. The summed E-state index contributed by atoms with van der Waals surface area (Å²) in [4.78, 5) is 1.91. The molecule has 3 nitrogen and oxygen atoms in total. The number of aliphatic hydroxyl groups is 1. The lowest BCUT2D eigenvalue weighted by Gasteiger charge is -2.16. The predicted molar refractivity (Wildman–Crippen MR) is 67.7 cm³/mol. The number of nitrogens with zero attached hydrogens (tertiary/aromatic N) is 1. The Bertz CT molecular complexity index is 360. The number of hydrogen-bond acceptors (Lipinski definition) is 3. The fraction of sp³-hybridized carbons (Fsp3) is 0.500. The van der Waals surface area contributed by atoms with E-state index in [9.17, 15) is 9.50 Å². The Kier molecular flexibility index (Phi) is 5.85. The van der Waals surface area contributed by atoms with Crippen LogP contribution >= 0.6 is 11.6 Å². The average Bonchev–Trinajstić information content (AvgIpc) is 2.22. The van der Waals surface area contributed by atoms with Crippen LogP contribution in [0.15, 0.2) is 18.2 Å². The SMILES string of the molecule is CN(C)CC(O)CNCc1ccc(Cl)c(F)c1. The summed E-state index contributed by atoms with van der Waals surface area (Å²) in [6.07, 6.45) is -0.429. The number of aliphatic hydroxyl groups excluding tert-OH is 1. The van der Waals surface area contributed by atoms with Crippen LogP contribution in [0, 0.1) is 5.82 Å². The highest BCUT2D eigenvalue weighted by molar-refractivity contribution is 6.30. The van der Waals surface area contributed by atoms with Gasteiger partial charge in [0.15, 0.2) is 0 Å². The van der Waals surface area contributed by atoms with Crippen LogP contribution in [0.5, 0.6) is 0 Å². The first-order valence-corrected chi connectivity index (χ1v) is 5.84. The molecule has 0 amide bonds. The molecule has 96 valence electrons.